The lowest BCUT2D eigenvalue weighted by atomic mass is 10.2. The van der Waals surface area contributed by atoms with Gasteiger partial charge in [0.15, 0.2) is 0 Å². The van der Waals surface area contributed by atoms with Crippen LogP contribution in [0.1, 0.15) is 15.9 Å². The second-order valence-corrected chi connectivity index (χ2v) is 9.10. The van der Waals surface area contributed by atoms with Crippen LogP contribution in [-0.4, -0.2) is 51.6 Å². The van der Waals surface area contributed by atoms with Crippen LogP contribution >= 0.6 is 22.9 Å². The fraction of sp³-hybridized carbons (Fsp3) is 0.217. The topological polar surface area (TPSA) is 70.8 Å². The van der Waals surface area contributed by atoms with Crippen molar-refractivity contribution < 1.29 is 4.79 Å². The number of hydrogen-bond donors (Lipinski definition) is 0. The van der Waals surface area contributed by atoms with Gasteiger partial charge in [0.05, 0.1) is 0 Å². The highest BCUT2D eigenvalue weighted by atomic mass is 35.5. The number of hydrogen-bond acceptors (Lipinski definition) is 6. The molecule has 0 unspecified atom stereocenters. The number of rotatable bonds is 3. The van der Waals surface area contributed by atoms with Crippen molar-refractivity contribution in [3.63, 3.8) is 0 Å². The SMILES string of the molecule is Cc1ccc(-c2nn3c(=O)cc(N4CCN(C(=O)c5cccc(Cl)c5)CC4)nc3s2)cc1. The van der Waals surface area contributed by atoms with Crippen LogP contribution < -0.4 is 10.5 Å². The van der Waals surface area contributed by atoms with E-state index in [1.54, 1.807) is 29.2 Å². The summed E-state index contributed by atoms with van der Waals surface area (Å²) in [7, 11) is 0. The third-order valence-electron chi connectivity index (χ3n) is 5.49. The minimum absolute atomic E-state index is 0.0409. The smallest absolute Gasteiger partial charge is 0.277 e. The molecule has 0 bridgehead atoms. The van der Waals surface area contributed by atoms with Gasteiger partial charge in [0.1, 0.15) is 10.8 Å². The molecule has 1 saturated heterocycles. The van der Waals surface area contributed by atoms with Crippen LogP contribution in [0.2, 0.25) is 5.02 Å². The monoisotopic (exact) mass is 465 g/mol. The van der Waals surface area contributed by atoms with Gasteiger partial charge in [-0.15, -0.1) is 0 Å². The first-order valence-electron chi connectivity index (χ1n) is 10.3. The number of anilines is 1. The van der Waals surface area contributed by atoms with E-state index in [-0.39, 0.29) is 11.5 Å². The molecule has 1 fully saturated rings. The molecule has 4 aromatic rings. The lowest BCUT2D eigenvalue weighted by molar-refractivity contribution is 0.0746. The number of nitrogens with zero attached hydrogens (tertiary/aromatic N) is 5. The van der Waals surface area contributed by atoms with E-state index in [9.17, 15) is 9.59 Å². The molecule has 0 N–H and O–H groups in total. The van der Waals surface area contributed by atoms with E-state index in [2.05, 4.69) is 10.1 Å². The second kappa shape index (κ2) is 8.37. The maximum atomic E-state index is 12.8. The Labute approximate surface area is 193 Å². The van der Waals surface area contributed by atoms with Gasteiger partial charge in [-0.05, 0) is 25.1 Å². The number of aryl methyl sites for hydroxylation is 1. The lowest BCUT2D eigenvalue weighted by Gasteiger charge is -2.35. The fourth-order valence-corrected chi connectivity index (χ4v) is 4.81. The molecule has 5 rings (SSSR count). The van der Waals surface area contributed by atoms with Crippen molar-refractivity contribution in [2.75, 3.05) is 31.1 Å². The van der Waals surface area contributed by atoms with Gasteiger partial charge in [0, 0.05) is 48.4 Å². The quantitative estimate of drug-likeness (QED) is 0.461. The van der Waals surface area contributed by atoms with Crippen molar-refractivity contribution in [1.29, 1.82) is 0 Å². The van der Waals surface area contributed by atoms with E-state index in [0.717, 1.165) is 10.6 Å². The van der Waals surface area contributed by atoms with Crippen LogP contribution in [0.4, 0.5) is 5.82 Å². The molecule has 2 aromatic carbocycles. The molecule has 32 heavy (non-hydrogen) atoms. The van der Waals surface area contributed by atoms with Crippen molar-refractivity contribution in [1.82, 2.24) is 19.5 Å². The van der Waals surface area contributed by atoms with Crippen molar-refractivity contribution in [2.45, 2.75) is 6.92 Å². The second-order valence-electron chi connectivity index (χ2n) is 7.71. The van der Waals surface area contributed by atoms with Crippen LogP contribution in [0.15, 0.2) is 59.4 Å². The minimum Gasteiger partial charge on any atom is -0.353 e. The minimum atomic E-state index is -0.211. The molecule has 1 amide bonds. The van der Waals surface area contributed by atoms with E-state index >= 15 is 0 Å². The summed E-state index contributed by atoms with van der Waals surface area (Å²) in [5.41, 5.74) is 2.50. The first-order valence-corrected chi connectivity index (χ1v) is 11.5. The van der Waals surface area contributed by atoms with Crippen LogP contribution in [0.3, 0.4) is 0 Å². The number of carbonyl (C=O) groups is 1. The Morgan fingerprint density at radius 3 is 2.50 bits per heavy atom. The predicted octanol–water partition coefficient (Wildman–Crippen LogP) is 3.74. The number of benzene rings is 2. The highest BCUT2D eigenvalue weighted by Gasteiger charge is 2.24. The van der Waals surface area contributed by atoms with Crippen LogP contribution in [0.5, 0.6) is 0 Å². The third-order valence-corrected chi connectivity index (χ3v) is 6.69. The largest absolute Gasteiger partial charge is 0.353 e. The van der Waals surface area contributed by atoms with E-state index < -0.39 is 0 Å². The molecule has 162 valence electrons. The first-order chi connectivity index (χ1) is 15.5. The summed E-state index contributed by atoms with van der Waals surface area (Å²) in [5, 5.41) is 5.75. The zero-order chi connectivity index (χ0) is 22.2. The van der Waals surface area contributed by atoms with Gasteiger partial charge in [-0.25, -0.2) is 4.98 Å². The van der Waals surface area contributed by atoms with Gasteiger partial charge in [0.2, 0.25) is 4.96 Å². The number of piperazine rings is 1. The number of carbonyl (C=O) groups excluding carboxylic acids is 1. The molecule has 1 aliphatic rings. The summed E-state index contributed by atoms with van der Waals surface area (Å²) in [4.78, 5) is 34.5. The van der Waals surface area contributed by atoms with Crippen molar-refractivity contribution in [3.05, 3.63) is 81.1 Å². The molecule has 0 atom stereocenters. The van der Waals surface area contributed by atoms with Gasteiger partial charge in [-0.1, -0.05) is 58.8 Å². The number of amides is 1. The number of halogens is 1. The molecule has 3 heterocycles. The average Bonchev–Trinajstić information content (AvgIpc) is 3.24. The molecular formula is C23H20ClN5O2S. The van der Waals surface area contributed by atoms with Crippen molar-refractivity contribution in [2.24, 2.45) is 0 Å². The Morgan fingerprint density at radius 1 is 1.03 bits per heavy atom. The van der Waals surface area contributed by atoms with Crippen LogP contribution in [0.25, 0.3) is 15.5 Å². The average molecular weight is 466 g/mol. The summed E-state index contributed by atoms with van der Waals surface area (Å²) in [6.07, 6.45) is 0. The predicted molar refractivity (Wildman–Crippen MR) is 127 cm³/mol. The maximum absolute atomic E-state index is 12.8. The van der Waals surface area contributed by atoms with Gasteiger partial charge in [-0.3, -0.25) is 9.59 Å². The van der Waals surface area contributed by atoms with Crippen LogP contribution in [-0.2, 0) is 0 Å². The van der Waals surface area contributed by atoms with Crippen molar-refractivity contribution in [3.8, 4) is 10.6 Å². The Kier molecular flexibility index (Phi) is 5.40. The molecule has 7 nitrogen and oxygen atoms in total. The first kappa shape index (κ1) is 20.7. The molecule has 9 heteroatoms. The Hall–Kier alpha value is -3.23. The third kappa shape index (κ3) is 3.99. The Bertz CT molecular complexity index is 1360. The van der Waals surface area contributed by atoms with Gasteiger partial charge in [-0.2, -0.15) is 9.61 Å². The number of fused-ring (bicyclic) bond motifs is 1. The molecular weight excluding hydrogens is 446 g/mol. The van der Waals surface area contributed by atoms with E-state index in [4.69, 9.17) is 11.6 Å². The van der Waals surface area contributed by atoms with E-state index in [0.29, 0.717) is 47.5 Å². The van der Waals surface area contributed by atoms with Gasteiger partial charge >= 0.3 is 0 Å². The summed E-state index contributed by atoms with van der Waals surface area (Å²) >= 11 is 7.41. The summed E-state index contributed by atoms with van der Waals surface area (Å²) in [6.45, 7) is 4.31. The Balaban J connectivity index is 1.35. The Morgan fingerprint density at radius 2 is 1.78 bits per heavy atom. The van der Waals surface area contributed by atoms with Gasteiger partial charge < -0.3 is 9.80 Å². The standard InChI is InChI=1S/C23H20ClN5O2S/c1-15-5-7-16(8-6-15)21-26-29-20(30)14-19(25-23(29)32-21)27-9-11-28(12-10-27)22(31)17-3-2-4-18(24)13-17/h2-8,13-14H,9-12H2,1H3. The molecule has 0 radical (unpaired) electrons. The van der Waals surface area contributed by atoms with E-state index in [1.165, 1.54) is 27.5 Å². The molecule has 1 aliphatic heterocycles. The zero-order valence-corrected chi connectivity index (χ0v) is 18.9. The van der Waals surface area contributed by atoms with Crippen LogP contribution in [0, 0.1) is 6.92 Å². The molecule has 2 aromatic heterocycles. The zero-order valence-electron chi connectivity index (χ0n) is 17.4. The lowest BCUT2D eigenvalue weighted by Crippen LogP contribution is -2.49. The summed E-state index contributed by atoms with van der Waals surface area (Å²) < 4.78 is 1.35. The molecule has 0 spiro atoms. The van der Waals surface area contributed by atoms with E-state index in [1.807, 2.05) is 36.1 Å². The fourth-order valence-electron chi connectivity index (χ4n) is 3.72. The molecule has 0 saturated carbocycles. The molecule has 0 aliphatic carbocycles. The highest BCUT2D eigenvalue weighted by Crippen LogP contribution is 2.26. The maximum Gasteiger partial charge on any atom is 0.277 e. The highest BCUT2D eigenvalue weighted by molar-refractivity contribution is 7.19. The van der Waals surface area contributed by atoms with Crippen molar-refractivity contribution >= 4 is 39.6 Å². The summed E-state index contributed by atoms with van der Waals surface area (Å²) in [5.74, 6) is 0.574. The summed E-state index contributed by atoms with van der Waals surface area (Å²) in [6, 6.07) is 16.5. The van der Waals surface area contributed by atoms with Gasteiger partial charge in [0.25, 0.3) is 11.5 Å². The number of aromatic nitrogens is 3. The normalized spacial score (nSPS) is 14.2.